The lowest BCUT2D eigenvalue weighted by Gasteiger charge is -2.32. The Morgan fingerprint density at radius 3 is 2.68 bits per heavy atom. The van der Waals surface area contributed by atoms with Gasteiger partial charge in [-0.15, -0.1) is 11.3 Å². The molecule has 0 radical (unpaired) electrons. The Morgan fingerprint density at radius 2 is 2.03 bits per heavy atom. The smallest absolute Gasteiger partial charge is 0.410 e. The molecule has 2 heterocycles. The van der Waals surface area contributed by atoms with Crippen LogP contribution < -0.4 is 0 Å². The Morgan fingerprint density at radius 1 is 1.29 bits per heavy atom. The van der Waals surface area contributed by atoms with Crippen molar-refractivity contribution in [2.75, 3.05) is 20.0 Å². The Hall–Kier alpha value is -1.85. The quantitative estimate of drug-likeness (QED) is 0.599. The molecule has 6 atom stereocenters. The first kappa shape index (κ1) is 23.9. The summed E-state index contributed by atoms with van der Waals surface area (Å²) in [6.45, 7) is 1.94. The number of hydrogen-bond donors (Lipinski definition) is 0. The first-order valence-corrected chi connectivity index (χ1v) is 14.2. The van der Waals surface area contributed by atoms with Crippen LogP contribution in [0, 0.1) is 17.6 Å². The summed E-state index contributed by atoms with van der Waals surface area (Å²) in [4.78, 5) is 18.3. The largest absolute Gasteiger partial charge is 0.453 e. The lowest BCUT2D eigenvalue weighted by Crippen LogP contribution is -2.47. The Balaban J connectivity index is 1.27. The number of fused-ring (bicyclic) bond motifs is 2. The highest BCUT2D eigenvalue weighted by atomic mass is 32.2. The number of carbonyl (C=O) groups excluding carboxylic acids is 1. The molecule has 1 aromatic carbocycles. The molecule has 2 aromatic rings. The van der Waals surface area contributed by atoms with Gasteiger partial charge >= 0.3 is 6.09 Å². The van der Waals surface area contributed by atoms with Crippen molar-refractivity contribution >= 4 is 37.5 Å². The van der Waals surface area contributed by atoms with E-state index in [0.29, 0.717) is 12.3 Å². The standard InChI is InChI=1S/C23H28F2N2O5S2/c1-12-8-18(34(3,29)30)17(27(12)22(28)31-2)11-32-14-6-7-23(10-13(23)9-14)21-26-19-15(24)4-5-16(25)20(19)33-21/h4-5,12-14,17-18H,6-11H2,1-3H3/t12-,13?,14?,17-,18+,23?/m1/s1. The zero-order valence-electron chi connectivity index (χ0n) is 19.3. The maximum atomic E-state index is 14.2. The summed E-state index contributed by atoms with van der Waals surface area (Å²) >= 11 is 1.24. The third-order valence-electron chi connectivity index (χ3n) is 7.84. The van der Waals surface area contributed by atoms with Gasteiger partial charge in [0.15, 0.2) is 15.7 Å². The molecule has 3 aliphatic rings. The maximum Gasteiger partial charge on any atom is 0.410 e. The fourth-order valence-corrected chi connectivity index (χ4v) is 8.64. The number of aromatic nitrogens is 1. The van der Waals surface area contributed by atoms with Crippen LogP contribution in [0.5, 0.6) is 0 Å². The number of carbonyl (C=O) groups is 1. The van der Waals surface area contributed by atoms with Crippen LogP contribution in [-0.2, 0) is 24.7 Å². The average molecular weight is 515 g/mol. The number of thiazole rings is 1. The molecule has 0 bridgehead atoms. The molecule has 1 aromatic heterocycles. The zero-order valence-corrected chi connectivity index (χ0v) is 20.9. The highest BCUT2D eigenvalue weighted by molar-refractivity contribution is 7.91. The lowest BCUT2D eigenvalue weighted by atomic mass is 9.87. The van der Waals surface area contributed by atoms with Crippen molar-refractivity contribution in [3.63, 3.8) is 0 Å². The van der Waals surface area contributed by atoms with Gasteiger partial charge in [-0.1, -0.05) is 0 Å². The molecule has 0 N–H and O–H groups in total. The molecule has 1 saturated heterocycles. The van der Waals surface area contributed by atoms with E-state index >= 15 is 0 Å². The van der Waals surface area contributed by atoms with Crippen molar-refractivity contribution in [3.8, 4) is 0 Å². The van der Waals surface area contributed by atoms with E-state index in [1.165, 1.54) is 29.6 Å². The molecular weight excluding hydrogens is 486 g/mol. The van der Waals surface area contributed by atoms with Crippen LogP contribution in [0.25, 0.3) is 10.2 Å². The first-order valence-electron chi connectivity index (χ1n) is 11.5. The number of halogens is 2. The van der Waals surface area contributed by atoms with Gasteiger partial charge < -0.3 is 9.47 Å². The summed E-state index contributed by atoms with van der Waals surface area (Å²) in [6.07, 6.45) is 4.13. The topological polar surface area (TPSA) is 85.8 Å². The molecule has 7 nitrogen and oxygen atoms in total. The van der Waals surface area contributed by atoms with E-state index in [2.05, 4.69) is 4.98 Å². The van der Waals surface area contributed by atoms with Crippen molar-refractivity contribution in [1.82, 2.24) is 9.88 Å². The number of rotatable bonds is 5. The van der Waals surface area contributed by atoms with Gasteiger partial charge in [0.2, 0.25) is 0 Å². The predicted octanol–water partition coefficient (Wildman–Crippen LogP) is 4.04. The van der Waals surface area contributed by atoms with Gasteiger partial charge in [0, 0.05) is 17.7 Å². The van der Waals surface area contributed by atoms with Crippen LogP contribution in [0.3, 0.4) is 0 Å². The van der Waals surface area contributed by atoms with Crippen LogP contribution in [0.15, 0.2) is 12.1 Å². The predicted molar refractivity (Wildman–Crippen MR) is 124 cm³/mol. The SMILES string of the molecule is COC(=O)N1[C@H](C)C[C@H](S(C)(=O)=O)[C@H]1COC1CCC2(c3nc4c(F)ccc(F)c4s3)CC2C1. The molecule has 2 aliphatic carbocycles. The molecule has 3 unspecified atom stereocenters. The van der Waals surface area contributed by atoms with Crippen LogP contribution in [-0.4, -0.2) is 67.8 Å². The van der Waals surface area contributed by atoms with E-state index in [1.54, 1.807) is 0 Å². The van der Waals surface area contributed by atoms with Crippen molar-refractivity contribution in [1.29, 1.82) is 0 Å². The fraction of sp³-hybridized carbons (Fsp3) is 0.652. The van der Waals surface area contributed by atoms with Crippen molar-refractivity contribution < 1.29 is 31.5 Å². The minimum Gasteiger partial charge on any atom is -0.453 e. The number of nitrogens with zero attached hydrogens (tertiary/aromatic N) is 2. The Kier molecular flexibility index (Phi) is 5.88. The lowest BCUT2D eigenvalue weighted by molar-refractivity contribution is -0.00667. The van der Waals surface area contributed by atoms with Gasteiger partial charge in [0.25, 0.3) is 0 Å². The van der Waals surface area contributed by atoms with Crippen LogP contribution in [0.4, 0.5) is 13.6 Å². The average Bonchev–Trinajstić information content (AvgIpc) is 3.15. The first-order chi connectivity index (χ1) is 16.0. The Labute approximate surface area is 201 Å². The summed E-state index contributed by atoms with van der Waals surface area (Å²) in [5.74, 6) is -0.652. The number of ether oxygens (including phenoxy) is 2. The summed E-state index contributed by atoms with van der Waals surface area (Å²) in [7, 11) is -2.09. The molecule has 34 heavy (non-hydrogen) atoms. The number of hydrogen-bond acceptors (Lipinski definition) is 7. The molecule has 11 heteroatoms. The monoisotopic (exact) mass is 514 g/mol. The highest BCUT2D eigenvalue weighted by Gasteiger charge is 2.60. The molecule has 1 amide bonds. The van der Waals surface area contributed by atoms with Crippen molar-refractivity contribution in [3.05, 3.63) is 28.8 Å². The van der Waals surface area contributed by atoms with E-state index in [9.17, 15) is 22.0 Å². The fourth-order valence-electron chi connectivity index (χ4n) is 5.94. The second kappa shape index (κ2) is 8.37. The molecule has 5 rings (SSSR count). The van der Waals surface area contributed by atoms with Crippen LogP contribution in [0.2, 0.25) is 0 Å². The minimum absolute atomic E-state index is 0.0703. The number of methoxy groups -OCH3 is 1. The molecule has 0 spiro atoms. The van der Waals surface area contributed by atoms with Gasteiger partial charge in [-0.2, -0.15) is 0 Å². The normalized spacial score (nSPS) is 33.2. The van der Waals surface area contributed by atoms with E-state index in [4.69, 9.17) is 9.47 Å². The molecule has 2 saturated carbocycles. The van der Waals surface area contributed by atoms with Gasteiger partial charge in [0.1, 0.15) is 16.3 Å². The van der Waals surface area contributed by atoms with E-state index in [1.807, 2.05) is 6.92 Å². The van der Waals surface area contributed by atoms with Gasteiger partial charge in [-0.05, 0) is 57.1 Å². The zero-order chi connectivity index (χ0) is 24.4. The summed E-state index contributed by atoms with van der Waals surface area (Å²) in [5, 5.41) is 0.0892. The molecule has 186 valence electrons. The molecular formula is C23H28F2N2O5S2. The summed E-state index contributed by atoms with van der Waals surface area (Å²) in [6, 6.07) is 1.39. The third-order valence-corrected chi connectivity index (χ3v) is 10.7. The number of amides is 1. The van der Waals surface area contributed by atoms with Crippen molar-refractivity contribution in [2.45, 2.75) is 67.9 Å². The minimum atomic E-state index is -3.38. The van der Waals surface area contributed by atoms with E-state index in [0.717, 1.165) is 42.8 Å². The van der Waals surface area contributed by atoms with Crippen LogP contribution in [0.1, 0.15) is 44.0 Å². The highest BCUT2D eigenvalue weighted by Crippen LogP contribution is 2.63. The second-order valence-corrected chi connectivity index (χ2v) is 13.2. The van der Waals surface area contributed by atoms with Crippen molar-refractivity contribution in [2.24, 2.45) is 5.92 Å². The number of benzene rings is 1. The van der Waals surface area contributed by atoms with Gasteiger partial charge in [-0.3, -0.25) is 4.90 Å². The molecule has 3 fully saturated rings. The van der Waals surface area contributed by atoms with Gasteiger partial charge in [-0.25, -0.2) is 27.0 Å². The van der Waals surface area contributed by atoms with Gasteiger partial charge in [0.05, 0.1) is 35.8 Å². The summed E-state index contributed by atoms with van der Waals surface area (Å²) < 4.78 is 64.4. The maximum absolute atomic E-state index is 14.2. The van der Waals surface area contributed by atoms with Crippen LogP contribution >= 0.6 is 11.3 Å². The number of likely N-dealkylation sites (tertiary alicyclic amines) is 1. The van der Waals surface area contributed by atoms with E-state index in [-0.39, 0.29) is 34.4 Å². The summed E-state index contributed by atoms with van der Waals surface area (Å²) in [5.41, 5.74) is -0.0547. The number of sulfone groups is 1. The van der Waals surface area contributed by atoms with E-state index < -0.39 is 38.9 Å². The molecule has 1 aliphatic heterocycles. The third kappa shape index (κ3) is 3.89. The second-order valence-electron chi connectivity index (χ2n) is 9.91. The Bertz CT molecular complexity index is 1200.